The molecule has 12 heavy (non-hydrogen) atoms. The van der Waals surface area contributed by atoms with Crippen LogP contribution in [0, 0.1) is 0 Å². The van der Waals surface area contributed by atoms with Crippen molar-refractivity contribution >= 4 is 21.6 Å². The Hall–Kier alpha value is -0.610. The lowest BCUT2D eigenvalue weighted by atomic mass is 10.4. The van der Waals surface area contributed by atoms with E-state index in [0.29, 0.717) is 0 Å². The van der Waals surface area contributed by atoms with Crippen LogP contribution in [0.2, 0.25) is 0 Å². The minimum absolute atomic E-state index is 0.547. The molecule has 2 atom stereocenters. The summed E-state index contributed by atoms with van der Waals surface area (Å²) < 4.78 is 40.3. The first-order chi connectivity index (χ1) is 5.36. The first-order valence-corrected chi connectivity index (χ1v) is 4.93. The number of aldehydes is 1. The molecule has 2 N–H and O–H groups in total. The molecule has 0 spiro atoms. The minimum Gasteiger partial charge on any atom is -0.375 e. The van der Waals surface area contributed by atoms with E-state index in [0.717, 1.165) is 0 Å². The summed E-state index contributed by atoms with van der Waals surface area (Å²) in [6.07, 6.45) is -0.547. The summed E-state index contributed by atoms with van der Waals surface area (Å²) in [5.74, 6) is -2.63. The van der Waals surface area contributed by atoms with E-state index in [-0.39, 0.29) is 0 Å². The Morgan fingerprint density at radius 1 is 1.25 bits per heavy atom. The van der Waals surface area contributed by atoms with Crippen LogP contribution in [0.5, 0.6) is 0 Å². The van der Waals surface area contributed by atoms with Gasteiger partial charge in [0.15, 0.2) is 6.29 Å². The maximum absolute atomic E-state index is 10.1. The standard InChI is InChI=1S/C3H4O7P2/c4-1-3(6,12(9)10)2(5)11(7)8/h1-2,5-6H. The van der Waals surface area contributed by atoms with Crippen LogP contribution in [0.4, 0.5) is 0 Å². The van der Waals surface area contributed by atoms with Crippen LogP contribution in [0.1, 0.15) is 0 Å². The molecule has 68 valence electrons. The maximum atomic E-state index is 10.1. The Morgan fingerprint density at radius 3 is 1.75 bits per heavy atom. The van der Waals surface area contributed by atoms with E-state index in [4.69, 9.17) is 10.2 Å². The summed E-state index contributed by atoms with van der Waals surface area (Å²) in [5.41, 5.74) is 0. The number of carbonyl (C=O) groups is 1. The molecule has 9 heteroatoms. The molecule has 0 aliphatic carbocycles. The van der Waals surface area contributed by atoms with Gasteiger partial charge in [0, 0.05) is 0 Å². The van der Waals surface area contributed by atoms with E-state index in [1.807, 2.05) is 0 Å². The Bertz CT molecular complexity index is 299. The van der Waals surface area contributed by atoms with Gasteiger partial charge in [0.05, 0.1) is 0 Å². The third-order valence-electron chi connectivity index (χ3n) is 1.05. The molecule has 0 rings (SSSR count). The zero-order chi connectivity index (χ0) is 9.94. The first kappa shape index (κ1) is 11.4. The Labute approximate surface area is 67.0 Å². The van der Waals surface area contributed by atoms with Crippen molar-refractivity contribution in [3.63, 3.8) is 0 Å². The third kappa shape index (κ3) is 1.95. The van der Waals surface area contributed by atoms with Gasteiger partial charge in [0.2, 0.25) is 5.85 Å². The average Bonchev–Trinajstić information content (AvgIpc) is 2.01. The van der Waals surface area contributed by atoms with Crippen molar-refractivity contribution in [2.24, 2.45) is 0 Å². The van der Waals surface area contributed by atoms with E-state index < -0.39 is 32.8 Å². The molecule has 0 bridgehead atoms. The summed E-state index contributed by atoms with van der Waals surface area (Å²) in [5, 5.41) is 14.0. The predicted octanol–water partition coefficient (Wildman–Crippen LogP) is -0.462. The van der Waals surface area contributed by atoms with Gasteiger partial charge in [-0.25, -0.2) is 18.3 Å². The van der Waals surface area contributed by atoms with E-state index in [2.05, 4.69) is 0 Å². The molecule has 0 aromatic heterocycles. The summed E-state index contributed by atoms with van der Waals surface area (Å²) in [6.45, 7) is 0. The smallest absolute Gasteiger partial charge is 0.359 e. The highest BCUT2D eigenvalue weighted by Gasteiger charge is 2.45. The molecule has 0 saturated heterocycles. The van der Waals surface area contributed by atoms with Crippen LogP contribution in [0.3, 0.4) is 0 Å². The number of aliphatic hydroxyl groups is 2. The SMILES string of the molecule is O=CC(O)(C(O)P(=O)=O)P(=O)=O. The van der Waals surface area contributed by atoms with Crippen molar-refractivity contribution in [2.45, 2.75) is 11.2 Å². The molecule has 0 aromatic rings. The van der Waals surface area contributed by atoms with Crippen LogP contribution < -0.4 is 0 Å². The molecule has 0 fully saturated rings. The van der Waals surface area contributed by atoms with Crippen molar-refractivity contribution < 1.29 is 33.3 Å². The quantitative estimate of drug-likeness (QED) is 0.478. The number of aliphatic hydroxyl groups excluding tert-OH is 1. The van der Waals surface area contributed by atoms with Crippen LogP contribution in [0.15, 0.2) is 0 Å². The Kier molecular flexibility index (Phi) is 3.67. The van der Waals surface area contributed by atoms with Gasteiger partial charge in [0.1, 0.15) is 0 Å². The highest BCUT2D eigenvalue weighted by molar-refractivity contribution is 7.38. The molecular formula is C3H4O7P2. The second-order valence-electron chi connectivity index (χ2n) is 1.82. The van der Waals surface area contributed by atoms with Gasteiger partial charge in [-0.1, -0.05) is 0 Å². The molecule has 0 saturated carbocycles. The van der Waals surface area contributed by atoms with Crippen molar-refractivity contribution in [1.29, 1.82) is 0 Å². The fourth-order valence-corrected chi connectivity index (χ4v) is 1.56. The normalized spacial score (nSPS) is 17.5. The van der Waals surface area contributed by atoms with E-state index >= 15 is 0 Å². The minimum atomic E-state index is -3.76. The Morgan fingerprint density at radius 2 is 1.67 bits per heavy atom. The zero-order valence-corrected chi connectivity index (χ0v) is 7.27. The van der Waals surface area contributed by atoms with Gasteiger partial charge in [-0.2, -0.15) is 0 Å². The number of hydrogen-bond donors (Lipinski definition) is 2. The number of hydrogen-bond acceptors (Lipinski definition) is 7. The predicted molar refractivity (Wildman–Crippen MR) is 33.6 cm³/mol. The number of rotatable bonds is 4. The summed E-state index contributed by atoms with van der Waals surface area (Å²) in [7, 11) is -7.36. The van der Waals surface area contributed by atoms with Gasteiger partial charge in [-0.15, -0.1) is 0 Å². The molecule has 7 nitrogen and oxygen atoms in total. The van der Waals surface area contributed by atoms with E-state index in [9.17, 15) is 23.1 Å². The lowest BCUT2D eigenvalue weighted by Crippen LogP contribution is -2.35. The van der Waals surface area contributed by atoms with Gasteiger partial charge >= 0.3 is 15.4 Å². The average molecular weight is 214 g/mol. The second-order valence-corrected chi connectivity index (χ2v) is 4.11. The van der Waals surface area contributed by atoms with Gasteiger partial charge in [0.25, 0.3) is 5.34 Å². The van der Waals surface area contributed by atoms with Crippen LogP contribution in [0.25, 0.3) is 0 Å². The summed E-state index contributed by atoms with van der Waals surface area (Å²) in [6, 6.07) is 0. The number of carbonyl (C=O) groups excluding carboxylic acids is 1. The lowest BCUT2D eigenvalue weighted by Gasteiger charge is -2.12. The van der Waals surface area contributed by atoms with Gasteiger partial charge in [-0.3, -0.25) is 4.79 Å². The Balaban J connectivity index is 5.15. The van der Waals surface area contributed by atoms with Crippen LogP contribution in [-0.2, 0) is 23.1 Å². The second kappa shape index (κ2) is 3.87. The highest BCUT2D eigenvalue weighted by Crippen LogP contribution is 2.34. The fraction of sp³-hybridized carbons (Fsp3) is 0.667. The largest absolute Gasteiger partial charge is 0.375 e. The highest BCUT2D eigenvalue weighted by atomic mass is 31.1. The van der Waals surface area contributed by atoms with Gasteiger partial charge in [-0.05, 0) is 0 Å². The molecule has 0 heterocycles. The van der Waals surface area contributed by atoms with Crippen molar-refractivity contribution in [1.82, 2.24) is 0 Å². The first-order valence-electron chi connectivity index (χ1n) is 2.51. The zero-order valence-electron chi connectivity index (χ0n) is 5.48. The molecule has 2 unspecified atom stereocenters. The van der Waals surface area contributed by atoms with E-state index in [1.54, 1.807) is 0 Å². The van der Waals surface area contributed by atoms with Crippen molar-refractivity contribution in [3.8, 4) is 0 Å². The lowest BCUT2D eigenvalue weighted by molar-refractivity contribution is -0.121. The topological polar surface area (TPSA) is 126 Å². The van der Waals surface area contributed by atoms with E-state index in [1.165, 1.54) is 0 Å². The molecule has 0 aliphatic rings. The third-order valence-corrected chi connectivity index (χ3v) is 2.98. The summed E-state index contributed by atoms with van der Waals surface area (Å²) in [4.78, 5) is 9.95. The monoisotopic (exact) mass is 214 g/mol. The molecule has 0 aliphatic heterocycles. The molecule has 0 amide bonds. The van der Waals surface area contributed by atoms with Crippen molar-refractivity contribution in [3.05, 3.63) is 0 Å². The molecular weight excluding hydrogens is 210 g/mol. The molecule has 0 radical (unpaired) electrons. The summed E-state index contributed by atoms with van der Waals surface area (Å²) >= 11 is 0. The van der Waals surface area contributed by atoms with Crippen molar-refractivity contribution in [2.75, 3.05) is 0 Å². The van der Waals surface area contributed by atoms with Crippen LogP contribution >= 0.6 is 15.4 Å². The van der Waals surface area contributed by atoms with Gasteiger partial charge < -0.3 is 10.2 Å². The molecule has 0 aromatic carbocycles. The fourth-order valence-electron chi connectivity index (χ4n) is 0.353. The van der Waals surface area contributed by atoms with Crippen LogP contribution in [-0.4, -0.2) is 27.7 Å². The maximum Gasteiger partial charge on any atom is 0.359 e.